The molecule has 0 aliphatic carbocycles. The van der Waals surface area contributed by atoms with E-state index < -0.39 is 0 Å². The standard InChI is InChI=1S/C15H23Cl2N/c1-5-15(3,4)14(18-6-2)10-11-12(16)8-7-9-13(11)17/h7-9,14,18H,5-6,10H2,1-4H3. The highest BCUT2D eigenvalue weighted by molar-refractivity contribution is 6.36. The van der Waals surface area contributed by atoms with Gasteiger partial charge in [-0.1, -0.05) is 57.0 Å². The molecule has 1 atom stereocenters. The van der Waals surface area contributed by atoms with Crippen LogP contribution in [0.4, 0.5) is 0 Å². The molecule has 0 radical (unpaired) electrons. The second kappa shape index (κ2) is 6.79. The van der Waals surface area contributed by atoms with Gasteiger partial charge in [-0.3, -0.25) is 0 Å². The van der Waals surface area contributed by atoms with Gasteiger partial charge in [0, 0.05) is 16.1 Å². The Bertz CT molecular complexity index is 368. The lowest BCUT2D eigenvalue weighted by Crippen LogP contribution is -2.43. The van der Waals surface area contributed by atoms with Crippen molar-refractivity contribution < 1.29 is 0 Å². The van der Waals surface area contributed by atoms with Gasteiger partial charge in [-0.05, 0) is 42.5 Å². The van der Waals surface area contributed by atoms with Gasteiger partial charge in [0.2, 0.25) is 0 Å². The molecule has 18 heavy (non-hydrogen) atoms. The lowest BCUT2D eigenvalue weighted by Gasteiger charge is -2.34. The Hall–Kier alpha value is -0.240. The molecule has 0 aliphatic heterocycles. The summed E-state index contributed by atoms with van der Waals surface area (Å²) in [5, 5.41) is 5.08. The summed E-state index contributed by atoms with van der Waals surface area (Å²) < 4.78 is 0. The lowest BCUT2D eigenvalue weighted by molar-refractivity contribution is 0.233. The number of hydrogen-bond acceptors (Lipinski definition) is 1. The average Bonchev–Trinajstić information content (AvgIpc) is 2.32. The summed E-state index contributed by atoms with van der Waals surface area (Å²) in [7, 11) is 0. The fraction of sp³-hybridized carbons (Fsp3) is 0.600. The van der Waals surface area contributed by atoms with Crippen LogP contribution < -0.4 is 5.32 Å². The number of rotatable bonds is 6. The summed E-state index contributed by atoms with van der Waals surface area (Å²) >= 11 is 12.5. The zero-order valence-electron chi connectivity index (χ0n) is 11.7. The van der Waals surface area contributed by atoms with Gasteiger partial charge in [-0.2, -0.15) is 0 Å². The first-order valence-corrected chi connectivity index (χ1v) is 7.34. The summed E-state index contributed by atoms with van der Waals surface area (Å²) in [6.07, 6.45) is 1.99. The molecule has 0 aliphatic rings. The van der Waals surface area contributed by atoms with E-state index in [-0.39, 0.29) is 5.41 Å². The van der Waals surface area contributed by atoms with Gasteiger partial charge in [0.1, 0.15) is 0 Å². The van der Waals surface area contributed by atoms with E-state index in [4.69, 9.17) is 23.2 Å². The molecular weight excluding hydrogens is 265 g/mol. The molecule has 0 aromatic heterocycles. The van der Waals surface area contributed by atoms with Crippen LogP contribution in [0.15, 0.2) is 18.2 Å². The second-order valence-corrected chi connectivity index (χ2v) is 6.17. The van der Waals surface area contributed by atoms with E-state index in [1.54, 1.807) is 0 Å². The number of benzene rings is 1. The van der Waals surface area contributed by atoms with Gasteiger partial charge in [0.15, 0.2) is 0 Å². The van der Waals surface area contributed by atoms with Crippen LogP contribution in [0.1, 0.15) is 39.7 Å². The second-order valence-electron chi connectivity index (χ2n) is 5.36. The van der Waals surface area contributed by atoms with Crippen LogP contribution in [-0.2, 0) is 6.42 Å². The van der Waals surface area contributed by atoms with Crippen LogP contribution in [0.25, 0.3) is 0 Å². The summed E-state index contributed by atoms with van der Waals surface area (Å²) in [5.74, 6) is 0. The van der Waals surface area contributed by atoms with Gasteiger partial charge in [-0.25, -0.2) is 0 Å². The van der Waals surface area contributed by atoms with Gasteiger partial charge in [0.25, 0.3) is 0 Å². The third-order valence-electron chi connectivity index (χ3n) is 3.78. The Balaban J connectivity index is 2.97. The molecule has 1 unspecified atom stereocenters. The quantitative estimate of drug-likeness (QED) is 0.781. The van der Waals surface area contributed by atoms with Gasteiger partial charge >= 0.3 is 0 Å². The lowest BCUT2D eigenvalue weighted by atomic mass is 9.79. The first kappa shape index (κ1) is 15.8. The molecule has 0 amide bonds. The largest absolute Gasteiger partial charge is 0.313 e. The van der Waals surface area contributed by atoms with Crippen LogP contribution in [-0.4, -0.2) is 12.6 Å². The van der Waals surface area contributed by atoms with Crippen LogP contribution in [0, 0.1) is 5.41 Å². The maximum Gasteiger partial charge on any atom is 0.0453 e. The molecule has 0 saturated heterocycles. The third kappa shape index (κ3) is 3.88. The van der Waals surface area contributed by atoms with Crippen molar-refractivity contribution in [1.82, 2.24) is 5.32 Å². The molecule has 0 fully saturated rings. The summed E-state index contributed by atoms with van der Waals surface area (Å²) in [6.45, 7) is 9.87. The van der Waals surface area contributed by atoms with Gasteiger partial charge < -0.3 is 5.32 Å². The molecule has 1 aromatic rings. The maximum absolute atomic E-state index is 6.25. The predicted molar refractivity (Wildman–Crippen MR) is 81.7 cm³/mol. The van der Waals surface area contributed by atoms with Crippen LogP contribution in [0.2, 0.25) is 10.0 Å². The highest BCUT2D eigenvalue weighted by atomic mass is 35.5. The SMILES string of the molecule is CCNC(Cc1c(Cl)cccc1Cl)C(C)(C)CC. The molecule has 1 nitrogen and oxygen atoms in total. The molecule has 0 heterocycles. The number of nitrogens with one attached hydrogen (secondary N) is 1. The fourth-order valence-electron chi connectivity index (χ4n) is 2.05. The third-order valence-corrected chi connectivity index (χ3v) is 4.48. The van der Waals surface area contributed by atoms with E-state index in [9.17, 15) is 0 Å². The summed E-state index contributed by atoms with van der Waals surface area (Å²) in [5.41, 5.74) is 1.27. The maximum atomic E-state index is 6.25. The number of hydrogen-bond donors (Lipinski definition) is 1. The first-order chi connectivity index (χ1) is 8.42. The molecule has 0 saturated carbocycles. The minimum Gasteiger partial charge on any atom is -0.313 e. The summed E-state index contributed by atoms with van der Waals surface area (Å²) in [4.78, 5) is 0. The van der Waals surface area contributed by atoms with E-state index >= 15 is 0 Å². The van der Waals surface area contributed by atoms with Crippen LogP contribution >= 0.6 is 23.2 Å². The van der Waals surface area contributed by atoms with E-state index in [0.29, 0.717) is 6.04 Å². The van der Waals surface area contributed by atoms with Crippen molar-refractivity contribution in [3.63, 3.8) is 0 Å². The van der Waals surface area contributed by atoms with Crippen LogP contribution in [0.5, 0.6) is 0 Å². The normalized spacial score (nSPS) is 13.7. The molecule has 0 spiro atoms. The Labute approximate surface area is 121 Å². The summed E-state index contributed by atoms with van der Waals surface area (Å²) in [6, 6.07) is 6.08. The molecule has 102 valence electrons. The molecule has 1 rings (SSSR count). The van der Waals surface area contributed by atoms with Crippen molar-refractivity contribution in [2.24, 2.45) is 5.41 Å². The monoisotopic (exact) mass is 287 g/mol. The smallest absolute Gasteiger partial charge is 0.0453 e. The average molecular weight is 288 g/mol. The van der Waals surface area contributed by atoms with Crippen molar-refractivity contribution in [2.75, 3.05) is 6.54 Å². The van der Waals surface area contributed by atoms with Crippen LogP contribution in [0.3, 0.4) is 0 Å². The first-order valence-electron chi connectivity index (χ1n) is 6.58. The Morgan fingerprint density at radius 2 is 1.72 bits per heavy atom. The Morgan fingerprint density at radius 3 is 2.17 bits per heavy atom. The van der Waals surface area contributed by atoms with Crippen molar-refractivity contribution in [3.8, 4) is 0 Å². The molecule has 0 bridgehead atoms. The molecule has 1 aromatic carbocycles. The van der Waals surface area contributed by atoms with Gasteiger partial charge in [-0.15, -0.1) is 0 Å². The number of halogens is 2. The zero-order valence-corrected chi connectivity index (χ0v) is 13.2. The molecule has 1 N–H and O–H groups in total. The molecular formula is C15H23Cl2N. The highest BCUT2D eigenvalue weighted by Gasteiger charge is 2.28. The topological polar surface area (TPSA) is 12.0 Å². The van der Waals surface area contributed by atoms with Gasteiger partial charge in [0.05, 0.1) is 0 Å². The highest BCUT2D eigenvalue weighted by Crippen LogP contribution is 2.32. The predicted octanol–water partition coefficient (Wildman–Crippen LogP) is 4.95. The van der Waals surface area contributed by atoms with E-state index in [1.807, 2.05) is 18.2 Å². The molecule has 3 heteroatoms. The van der Waals surface area contributed by atoms with Crippen molar-refractivity contribution >= 4 is 23.2 Å². The Morgan fingerprint density at radius 1 is 1.17 bits per heavy atom. The van der Waals surface area contributed by atoms with E-state index in [0.717, 1.165) is 35.0 Å². The van der Waals surface area contributed by atoms with Crippen molar-refractivity contribution in [1.29, 1.82) is 0 Å². The minimum atomic E-state index is 0.221. The zero-order chi connectivity index (χ0) is 13.8. The fourth-order valence-corrected chi connectivity index (χ4v) is 2.60. The Kier molecular flexibility index (Phi) is 5.97. The van der Waals surface area contributed by atoms with Crippen molar-refractivity contribution in [3.05, 3.63) is 33.8 Å². The minimum absolute atomic E-state index is 0.221. The van der Waals surface area contributed by atoms with E-state index in [1.165, 1.54) is 0 Å². The van der Waals surface area contributed by atoms with E-state index in [2.05, 4.69) is 33.0 Å². The van der Waals surface area contributed by atoms with Crippen molar-refractivity contribution in [2.45, 2.75) is 46.6 Å². The number of likely N-dealkylation sites (N-methyl/N-ethyl adjacent to an activating group) is 1.